The van der Waals surface area contributed by atoms with Crippen LogP contribution in [0.25, 0.3) is 0 Å². The van der Waals surface area contributed by atoms with Crippen molar-refractivity contribution in [3.8, 4) is 0 Å². The highest BCUT2D eigenvalue weighted by Crippen LogP contribution is 2.14. The fourth-order valence-corrected chi connectivity index (χ4v) is 1.28. The summed E-state index contributed by atoms with van der Waals surface area (Å²) < 4.78 is 25.2. The lowest BCUT2D eigenvalue weighted by atomic mass is 10.1. The molecular formula is C7H14F2N2. The second-order valence-electron chi connectivity index (χ2n) is 2.94. The van der Waals surface area contributed by atoms with Crippen LogP contribution in [-0.4, -0.2) is 25.7 Å². The molecule has 0 spiro atoms. The predicted octanol–water partition coefficient (Wildman–Crippen LogP) is 0.797. The molecule has 1 saturated heterocycles. The van der Waals surface area contributed by atoms with E-state index in [-0.39, 0.29) is 5.92 Å². The molecule has 4 heteroatoms. The maximum absolute atomic E-state index is 13.0. The molecule has 0 aliphatic carbocycles. The van der Waals surface area contributed by atoms with Crippen LogP contribution in [0, 0.1) is 5.92 Å². The molecule has 0 aromatic heterocycles. The minimum atomic E-state index is -1.26. The zero-order chi connectivity index (χ0) is 8.27. The van der Waals surface area contributed by atoms with Gasteiger partial charge >= 0.3 is 0 Å². The van der Waals surface area contributed by atoms with E-state index in [4.69, 9.17) is 0 Å². The molecule has 11 heavy (non-hydrogen) atoms. The zero-order valence-corrected chi connectivity index (χ0v) is 6.61. The van der Waals surface area contributed by atoms with Crippen molar-refractivity contribution in [1.82, 2.24) is 10.6 Å². The lowest BCUT2D eigenvalue weighted by Crippen LogP contribution is -2.37. The second kappa shape index (κ2) is 3.97. The van der Waals surface area contributed by atoms with Gasteiger partial charge in [0.2, 0.25) is 0 Å². The fourth-order valence-electron chi connectivity index (χ4n) is 1.28. The van der Waals surface area contributed by atoms with E-state index in [1.165, 1.54) is 6.92 Å². The Bertz CT molecular complexity index is 113. The van der Waals surface area contributed by atoms with Crippen LogP contribution in [0.1, 0.15) is 13.3 Å². The SMILES string of the molecule is CC(F)NC(F)C1CCNC1. The van der Waals surface area contributed by atoms with Gasteiger partial charge in [-0.15, -0.1) is 0 Å². The van der Waals surface area contributed by atoms with Gasteiger partial charge in [0.25, 0.3) is 0 Å². The highest BCUT2D eigenvalue weighted by atomic mass is 19.2. The molecule has 1 aliphatic rings. The van der Waals surface area contributed by atoms with Crippen molar-refractivity contribution in [2.24, 2.45) is 5.92 Å². The van der Waals surface area contributed by atoms with Crippen molar-refractivity contribution in [2.45, 2.75) is 25.9 Å². The second-order valence-corrected chi connectivity index (χ2v) is 2.94. The third kappa shape index (κ3) is 2.71. The first-order valence-electron chi connectivity index (χ1n) is 3.95. The zero-order valence-electron chi connectivity index (χ0n) is 6.61. The smallest absolute Gasteiger partial charge is 0.157 e. The van der Waals surface area contributed by atoms with Crippen LogP contribution in [0.5, 0.6) is 0 Å². The molecule has 3 atom stereocenters. The monoisotopic (exact) mass is 164 g/mol. The quantitative estimate of drug-likeness (QED) is 0.603. The van der Waals surface area contributed by atoms with Crippen LogP contribution in [-0.2, 0) is 0 Å². The van der Waals surface area contributed by atoms with E-state index in [1.807, 2.05) is 0 Å². The Morgan fingerprint density at radius 3 is 2.73 bits per heavy atom. The molecule has 66 valence electrons. The van der Waals surface area contributed by atoms with E-state index in [9.17, 15) is 8.78 Å². The summed E-state index contributed by atoms with van der Waals surface area (Å²) in [6.45, 7) is 2.79. The molecule has 2 N–H and O–H groups in total. The van der Waals surface area contributed by atoms with Crippen LogP contribution in [0.15, 0.2) is 0 Å². The van der Waals surface area contributed by atoms with Gasteiger partial charge in [0.05, 0.1) is 0 Å². The van der Waals surface area contributed by atoms with E-state index in [0.717, 1.165) is 13.0 Å². The van der Waals surface area contributed by atoms with E-state index in [1.54, 1.807) is 0 Å². The standard InChI is InChI=1S/C7H14F2N2/c1-5(8)11-7(9)6-2-3-10-4-6/h5-7,10-11H,2-4H2,1H3. The number of hydrogen-bond acceptors (Lipinski definition) is 2. The van der Waals surface area contributed by atoms with Crippen LogP contribution in [0.2, 0.25) is 0 Å². The summed E-state index contributed by atoms with van der Waals surface area (Å²) in [7, 11) is 0. The summed E-state index contributed by atoms with van der Waals surface area (Å²) in [5.74, 6) is -0.0619. The average molecular weight is 164 g/mol. The van der Waals surface area contributed by atoms with Gasteiger partial charge in [-0.2, -0.15) is 0 Å². The van der Waals surface area contributed by atoms with Gasteiger partial charge in [0.1, 0.15) is 0 Å². The average Bonchev–Trinajstić information content (AvgIpc) is 2.35. The molecular weight excluding hydrogens is 150 g/mol. The summed E-state index contributed by atoms with van der Waals surface area (Å²) in [4.78, 5) is 0. The highest BCUT2D eigenvalue weighted by Gasteiger charge is 2.25. The van der Waals surface area contributed by atoms with E-state index in [0.29, 0.717) is 6.54 Å². The van der Waals surface area contributed by atoms with Crippen molar-refractivity contribution in [1.29, 1.82) is 0 Å². The normalized spacial score (nSPS) is 30.3. The molecule has 0 radical (unpaired) electrons. The molecule has 0 saturated carbocycles. The third-order valence-electron chi connectivity index (χ3n) is 1.90. The van der Waals surface area contributed by atoms with Gasteiger partial charge in [-0.3, -0.25) is 5.32 Å². The molecule has 3 unspecified atom stereocenters. The summed E-state index contributed by atoms with van der Waals surface area (Å²) >= 11 is 0. The van der Waals surface area contributed by atoms with Crippen molar-refractivity contribution < 1.29 is 8.78 Å². The molecule has 0 amide bonds. The Balaban J connectivity index is 2.22. The van der Waals surface area contributed by atoms with Gasteiger partial charge in [0.15, 0.2) is 12.6 Å². The van der Waals surface area contributed by atoms with Crippen LogP contribution < -0.4 is 10.6 Å². The maximum Gasteiger partial charge on any atom is 0.157 e. The Labute approximate surface area is 65.4 Å². The fraction of sp³-hybridized carbons (Fsp3) is 1.00. The predicted molar refractivity (Wildman–Crippen MR) is 39.6 cm³/mol. The Kier molecular flexibility index (Phi) is 3.20. The molecule has 1 fully saturated rings. The summed E-state index contributed by atoms with van der Waals surface area (Å²) in [5, 5.41) is 5.24. The van der Waals surface area contributed by atoms with Gasteiger partial charge in [-0.1, -0.05) is 0 Å². The van der Waals surface area contributed by atoms with Gasteiger partial charge in [0, 0.05) is 12.5 Å². The maximum atomic E-state index is 13.0. The van der Waals surface area contributed by atoms with Gasteiger partial charge < -0.3 is 5.32 Å². The molecule has 0 aromatic rings. The lowest BCUT2D eigenvalue weighted by Gasteiger charge is -2.16. The minimum Gasteiger partial charge on any atom is -0.316 e. The molecule has 0 bridgehead atoms. The molecule has 0 aromatic carbocycles. The number of nitrogens with one attached hydrogen (secondary N) is 2. The number of hydrogen-bond donors (Lipinski definition) is 2. The summed E-state index contributed by atoms with van der Waals surface area (Å²) in [6, 6.07) is 0. The van der Waals surface area contributed by atoms with E-state index < -0.39 is 12.6 Å². The van der Waals surface area contributed by atoms with Crippen LogP contribution in [0.4, 0.5) is 8.78 Å². The molecule has 1 rings (SSSR count). The Morgan fingerprint density at radius 1 is 1.55 bits per heavy atom. The largest absolute Gasteiger partial charge is 0.316 e. The van der Waals surface area contributed by atoms with Crippen molar-refractivity contribution in [2.75, 3.05) is 13.1 Å². The summed E-state index contributed by atoms with van der Waals surface area (Å²) in [5.41, 5.74) is 0. The minimum absolute atomic E-state index is 0.0619. The van der Waals surface area contributed by atoms with E-state index >= 15 is 0 Å². The Hall–Kier alpha value is -0.220. The molecule has 1 heterocycles. The van der Waals surface area contributed by atoms with Gasteiger partial charge in [-0.05, 0) is 19.9 Å². The lowest BCUT2D eigenvalue weighted by molar-refractivity contribution is 0.134. The van der Waals surface area contributed by atoms with Crippen molar-refractivity contribution >= 4 is 0 Å². The highest BCUT2D eigenvalue weighted by molar-refractivity contribution is 4.76. The first-order valence-corrected chi connectivity index (χ1v) is 3.95. The first kappa shape index (κ1) is 8.87. The van der Waals surface area contributed by atoms with Crippen LogP contribution in [0.3, 0.4) is 0 Å². The van der Waals surface area contributed by atoms with Crippen molar-refractivity contribution in [3.63, 3.8) is 0 Å². The third-order valence-corrected chi connectivity index (χ3v) is 1.90. The topological polar surface area (TPSA) is 24.1 Å². The first-order chi connectivity index (χ1) is 5.20. The molecule has 1 aliphatic heterocycles. The molecule has 2 nitrogen and oxygen atoms in total. The van der Waals surface area contributed by atoms with Gasteiger partial charge in [-0.25, -0.2) is 8.78 Å². The number of alkyl halides is 2. The van der Waals surface area contributed by atoms with Crippen molar-refractivity contribution in [3.05, 3.63) is 0 Å². The summed E-state index contributed by atoms with van der Waals surface area (Å²) in [6.07, 6.45) is -1.67. The Morgan fingerprint density at radius 2 is 2.27 bits per heavy atom. The van der Waals surface area contributed by atoms with Crippen LogP contribution >= 0.6 is 0 Å². The number of halogens is 2. The van der Waals surface area contributed by atoms with E-state index in [2.05, 4.69) is 10.6 Å². The number of rotatable bonds is 3.